The molecular formula is C13H14N4O4. The van der Waals surface area contributed by atoms with E-state index in [4.69, 9.17) is 9.84 Å². The molecule has 8 heteroatoms. The number of hydrogen-bond acceptors (Lipinski definition) is 4. The minimum absolute atomic E-state index is 0.0643. The maximum atomic E-state index is 11.8. The molecule has 1 aromatic heterocycles. The van der Waals surface area contributed by atoms with E-state index in [2.05, 4.69) is 15.7 Å². The maximum Gasteiger partial charge on any atom is 0.337 e. The first-order valence-corrected chi connectivity index (χ1v) is 5.98. The van der Waals surface area contributed by atoms with Crippen LogP contribution in [-0.2, 0) is 7.05 Å². The van der Waals surface area contributed by atoms with Gasteiger partial charge in [0.15, 0.2) is 5.82 Å². The highest BCUT2D eigenvalue weighted by molar-refractivity contribution is 6.04. The van der Waals surface area contributed by atoms with Crippen LogP contribution in [0.5, 0.6) is 5.75 Å². The molecule has 21 heavy (non-hydrogen) atoms. The first kappa shape index (κ1) is 14.4. The molecular weight excluding hydrogens is 276 g/mol. The number of urea groups is 1. The van der Waals surface area contributed by atoms with Crippen molar-refractivity contribution in [3.63, 3.8) is 0 Å². The zero-order valence-corrected chi connectivity index (χ0v) is 11.5. The average Bonchev–Trinajstić information content (AvgIpc) is 2.84. The number of aromatic carboxylic acids is 1. The van der Waals surface area contributed by atoms with Gasteiger partial charge in [-0.2, -0.15) is 5.10 Å². The molecule has 2 aromatic rings. The van der Waals surface area contributed by atoms with Crippen molar-refractivity contribution in [2.45, 2.75) is 0 Å². The van der Waals surface area contributed by atoms with E-state index in [9.17, 15) is 9.59 Å². The van der Waals surface area contributed by atoms with Crippen molar-refractivity contribution in [2.75, 3.05) is 17.7 Å². The molecule has 0 spiro atoms. The van der Waals surface area contributed by atoms with E-state index >= 15 is 0 Å². The predicted octanol–water partition coefficient (Wildman–Crippen LogP) is 1.77. The number of rotatable bonds is 4. The van der Waals surface area contributed by atoms with Crippen LogP contribution in [0.25, 0.3) is 0 Å². The molecule has 3 N–H and O–H groups in total. The SMILES string of the molecule is COc1ccc(NC(=O)Nc2ccn(C)n2)c(C(=O)O)c1. The summed E-state index contributed by atoms with van der Waals surface area (Å²) in [6, 6.07) is 5.38. The molecule has 1 heterocycles. The van der Waals surface area contributed by atoms with Gasteiger partial charge in [0.05, 0.1) is 18.4 Å². The highest BCUT2D eigenvalue weighted by Crippen LogP contribution is 2.22. The van der Waals surface area contributed by atoms with Crippen molar-refractivity contribution in [1.29, 1.82) is 0 Å². The van der Waals surface area contributed by atoms with Gasteiger partial charge in [0.25, 0.3) is 0 Å². The molecule has 0 atom stereocenters. The van der Waals surface area contributed by atoms with Gasteiger partial charge >= 0.3 is 12.0 Å². The first-order valence-electron chi connectivity index (χ1n) is 5.98. The number of hydrogen-bond donors (Lipinski definition) is 3. The Balaban J connectivity index is 2.14. The molecule has 0 saturated carbocycles. The number of aryl methyl sites for hydroxylation is 1. The number of methoxy groups -OCH3 is 1. The Morgan fingerprint density at radius 3 is 2.62 bits per heavy atom. The molecule has 0 saturated heterocycles. The van der Waals surface area contributed by atoms with Crippen molar-refractivity contribution in [3.05, 3.63) is 36.0 Å². The number of carboxylic acid groups (broad SMARTS) is 1. The number of carbonyl (C=O) groups excluding carboxylic acids is 1. The van der Waals surface area contributed by atoms with Crippen molar-refractivity contribution >= 4 is 23.5 Å². The standard InChI is InChI=1S/C13H14N4O4/c1-17-6-5-11(16-17)15-13(20)14-10-4-3-8(21-2)7-9(10)12(18)19/h3-7H,1-2H3,(H,18,19)(H2,14,15,16,20). The summed E-state index contributed by atoms with van der Waals surface area (Å²) < 4.78 is 6.49. The van der Waals surface area contributed by atoms with Crippen LogP contribution in [0.4, 0.5) is 16.3 Å². The Morgan fingerprint density at radius 2 is 2.05 bits per heavy atom. The summed E-state index contributed by atoms with van der Waals surface area (Å²) in [6.45, 7) is 0. The van der Waals surface area contributed by atoms with Gasteiger partial charge in [0.2, 0.25) is 0 Å². The van der Waals surface area contributed by atoms with Gasteiger partial charge < -0.3 is 15.2 Å². The van der Waals surface area contributed by atoms with Gasteiger partial charge in [-0.15, -0.1) is 0 Å². The molecule has 0 fully saturated rings. The molecule has 0 radical (unpaired) electrons. The van der Waals surface area contributed by atoms with Crippen LogP contribution in [0, 0.1) is 0 Å². The number of ether oxygens (including phenoxy) is 1. The smallest absolute Gasteiger partial charge is 0.337 e. The van der Waals surface area contributed by atoms with Gasteiger partial charge in [0, 0.05) is 19.3 Å². The Kier molecular flexibility index (Phi) is 4.07. The normalized spacial score (nSPS) is 10.0. The summed E-state index contributed by atoms with van der Waals surface area (Å²) in [7, 11) is 3.15. The number of amides is 2. The molecule has 0 aliphatic rings. The van der Waals surface area contributed by atoms with E-state index < -0.39 is 12.0 Å². The molecule has 8 nitrogen and oxygen atoms in total. The topological polar surface area (TPSA) is 105 Å². The summed E-state index contributed by atoms with van der Waals surface area (Å²) in [5.41, 5.74) is 0.0993. The third-order valence-corrected chi connectivity index (χ3v) is 2.66. The number of benzene rings is 1. The lowest BCUT2D eigenvalue weighted by Gasteiger charge is -2.10. The summed E-state index contributed by atoms with van der Waals surface area (Å²) in [5.74, 6) is -0.412. The number of nitrogens with zero attached hydrogens (tertiary/aromatic N) is 2. The number of carboxylic acids is 1. The van der Waals surface area contributed by atoms with Gasteiger partial charge in [0.1, 0.15) is 5.75 Å². The third-order valence-electron chi connectivity index (χ3n) is 2.66. The van der Waals surface area contributed by atoms with Gasteiger partial charge in [-0.05, 0) is 18.2 Å². The van der Waals surface area contributed by atoms with E-state index in [1.54, 1.807) is 25.4 Å². The minimum atomic E-state index is -1.16. The zero-order chi connectivity index (χ0) is 15.4. The molecule has 110 valence electrons. The Morgan fingerprint density at radius 1 is 1.29 bits per heavy atom. The largest absolute Gasteiger partial charge is 0.497 e. The Bertz CT molecular complexity index is 681. The van der Waals surface area contributed by atoms with Gasteiger partial charge in [-0.1, -0.05) is 0 Å². The van der Waals surface area contributed by atoms with Crippen LogP contribution in [-0.4, -0.2) is 34.0 Å². The Labute approximate surface area is 120 Å². The van der Waals surface area contributed by atoms with E-state index in [0.717, 1.165) is 0 Å². The van der Waals surface area contributed by atoms with Gasteiger partial charge in [-0.25, -0.2) is 9.59 Å². The Hall–Kier alpha value is -3.03. The van der Waals surface area contributed by atoms with Crippen molar-refractivity contribution in [2.24, 2.45) is 7.05 Å². The summed E-state index contributed by atoms with van der Waals surface area (Å²) in [5, 5.41) is 18.1. The van der Waals surface area contributed by atoms with Crippen LogP contribution in [0.1, 0.15) is 10.4 Å². The molecule has 2 amide bonds. The van der Waals surface area contributed by atoms with Crippen LogP contribution in [0.3, 0.4) is 0 Å². The second kappa shape index (κ2) is 5.95. The van der Waals surface area contributed by atoms with E-state index in [1.807, 2.05) is 0 Å². The first-order chi connectivity index (χ1) is 9.99. The van der Waals surface area contributed by atoms with Crippen LogP contribution < -0.4 is 15.4 Å². The van der Waals surface area contributed by atoms with E-state index in [-0.39, 0.29) is 11.3 Å². The summed E-state index contributed by atoms with van der Waals surface area (Å²) in [4.78, 5) is 23.0. The molecule has 2 rings (SSSR count). The van der Waals surface area contributed by atoms with Crippen molar-refractivity contribution in [1.82, 2.24) is 9.78 Å². The minimum Gasteiger partial charge on any atom is -0.497 e. The van der Waals surface area contributed by atoms with Crippen LogP contribution in [0.2, 0.25) is 0 Å². The summed E-state index contributed by atoms with van der Waals surface area (Å²) in [6.07, 6.45) is 1.67. The maximum absolute atomic E-state index is 11.8. The fraction of sp³-hybridized carbons (Fsp3) is 0.154. The van der Waals surface area contributed by atoms with Crippen LogP contribution >= 0.6 is 0 Å². The molecule has 1 aromatic carbocycles. The number of carbonyl (C=O) groups is 2. The monoisotopic (exact) mass is 290 g/mol. The number of nitrogens with one attached hydrogen (secondary N) is 2. The van der Waals surface area contributed by atoms with Crippen molar-refractivity contribution < 1.29 is 19.4 Å². The fourth-order valence-corrected chi connectivity index (χ4v) is 1.69. The molecule has 0 unspecified atom stereocenters. The number of aromatic nitrogens is 2. The summed E-state index contributed by atoms with van der Waals surface area (Å²) >= 11 is 0. The lowest BCUT2D eigenvalue weighted by Crippen LogP contribution is -2.21. The highest BCUT2D eigenvalue weighted by atomic mass is 16.5. The third kappa shape index (κ3) is 3.50. The quantitative estimate of drug-likeness (QED) is 0.795. The zero-order valence-electron chi connectivity index (χ0n) is 11.5. The molecule has 0 aliphatic carbocycles. The number of anilines is 2. The fourth-order valence-electron chi connectivity index (χ4n) is 1.69. The lowest BCUT2D eigenvalue weighted by atomic mass is 10.1. The second-order valence-electron chi connectivity index (χ2n) is 4.17. The lowest BCUT2D eigenvalue weighted by molar-refractivity contribution is 0.0697. The van der Waals surface area contributed by atoms with Gasteiger partial charge in [-0.3, -0.25) is 10.00 Å². The highest BCUT2D eigenvalue weighted by Gasteiger charge is 2.14. The van der Waals surface area contributed by atoms with E-state index in [1.165, 1.54) is 23.9 Å². The van der Waals surface area contributed by atoms with Crippen LogP contribution in [0.15, 0.2) is 30.5 Å². The second-order valence-corrected chi connectivity index (χ2v) is 4.17. The average molecular weight is 290 g/mol. The van der Waals surface area contributed by atoms with E-state index in [0.29, 0.717) is 11.6 Å². The molecule has 0 bridgehead atoms. The molecule has 0 aliphatic heterocycles. The van der Waals surface area contributed by atoms with Crippen molar-refractivity contribution in [3.8, 4) is 5.75 Å². The predicted molar refractivity (Wildman–Crippen MR) is 75.8 cm³/mol.